The van der Waals surface area contributed by atoms with Crippen molar-refractivity contribution in [3.63, 3.8) is 0 Å². The van der Waals surface area contributed by atoms with Crippen molar-refractivity contribution < 1.29 is 29.3 Å². The van der Waals surface area contributed by atoms with E-state index < -0.39 is 30.4 Å². The van der Waals surface area contributed by atoms with Crippen molar-refractivity contribution in [1.29, 1.82) is 0 Å². The molecule has 1 saturated heterocycles. The average molecular weight is 260 g/mol. The van der Waals surface area contributed by atoms with E-state index in [0.717, 1.165) is 25.7 Å². The Hall–Kier alpha value is -1.14. The Labute approximate surface area is 106 Å². The quantitative estimate of drug-likeness (QED) is 0.720. The summed E-state index contributed by atoms with van der Waals surface area (Å²) in [6.07, 6.45) is 0.0558. The first-order chi connectivity index (χ1) is 8.51. The second-order valence-electron chi connectivity index (χ2n) is 4.47. The van der Waals surface area contributed by atoms with E-state index in [1.54, 1.807) is 0 Å². The Balaban J connectivity index is 2.69. The lowest BCUT2D eigenvalue weighted by molar-refractivity contribution is -0.156. The van der Waals surface area contributed by atoms with Gasteiger partial charge >= 0.3 is 11.9 Å². The Kier molecular flexibility index (Phi) is 5.55. The topological polar surface area (TPSA) is 93.1 Å². The second-order valence-corrected chi connectivity index (χ2v) is 4.47. The van der Waals surface area contributed by atoms with Crippen LogP contribution in [-0.4, -0.2) is 40.6 Å². The van der Waals surface area contributed by atoms with Gasteiger partial charge in [0.2, 0.25) is 0 Å². The van der Waals surface area contributed by atoms with Crippen LogP contribution in [0.25, 0.3) is 0 Å². The first-order valence-corrected chi connectivity index (χ1v) is 6.27. The maximum absolute atomic E-state index is 10.9. The zero-order valence-corrected chi connectivity index (χ0v) is 10.7. The molecule has 1 fully saturated rings. The van der Waals surface area contributed by atoms with Crippen molar-refractivity contribution in [3.8, 4) is 0 Å². The molecule has 0 saturated carbocycles. The lowest BCUT2D eigenvalue weighted by atomic mass is 9.99. The number of rotatable bonds is 7. The first-order valence-electron chi connectivity index (χ1n) is 6.27. The minimum atomic E-state index is -1.41. The number of carboxylic acids is 2. The summed E-state index contributed by atoms with van der Waals surface area (Å²) in [5.74, 6) is -2.55. The molecule has 0 radical (unpaired) electrons. The highest BCUT2D eigenvalue weighted by Gasteiger charge is 2.47. The van der Waals surface area contributed by atoms with E-state index in [1.807, 2.05) is 6.92 Å². The second kappa shape index (κ2) is 6.70. The van der Waals surface area contributed by atoms with Crippen LogP contribution in [0.15, 0.2) is 0 Å². The molecule has 0 amide bonds. The van der Waals surface area contributed by atoms with Gasteiger partial charge < -0.3 is 19.7 Å². The zero-order chi connectivity index (χ0) is 13.7. The first kappa shape index (κ1) is 14.9. The Bertz CT molecular complexity index is 281. The predicted octanol–water partition coefficient (Wildman–Crippen LogP) is 1.48. The predicted molar refractivity (Wildman–Crippen MR) is 62.1 cm³/mol. The van der Waals surface area contributed by atoms with Crippen LogP contribution in [0.5, 0.6) is 0 Å². The third kappa shape index (κ3) is 3.43. The van der Waals surface area contributed by atoms with Crippen LogP contribution in [0.4, 0.5) is 0 Å². The normalized spacial score (nSPS) is 29.1. The van der Waals surface area contributed by atoms with Crippen LogP contribution < -0.4 is 0 Å². The monoisotopic (exact) mass is 260 g/mol. The van der Waals surface area contributed by atoms with Gasteiger partial charge in [-0.3, -0.25) is 0 Å². The molecule has 3 atom stereocenters. The molecule has 3 unspecified atom stereocenters. The highest BCUT2D eigenvalue weighted by atomic mass is 16.7. The molecule has 1 rings (SSSR count). The van der Waals surface area contributed by atoms with E-state index in [9.17, 15) is 9.59 Å². The molecule has 0 bridgehead atoms. The summed E-state index contributed by atoms with van der Waals surface area (Å²) in [7, 11) is 0. The molecular weight excluding hydrogens is 240 g/mol. The number of hydrogen-bond donors (Lipinski definition) is 2. The van der Waals surface area contributed by atoms with E-state index in [4.69, 9.17) is 19.7 Å². The third-order valence-corrected chi connectivity index (χ3v) is 3.16. The maximum atomic E-state index is 10.9. The Morgan fingerprint density at radius 1 is 1.11 bits per heavy atom. The molecule has 6 nitrogen and oxygen atoms in total. The Morgan fingerprint density at radius 3 is 1.94 bits per heavy atom. The number of aliphatic carboxylic acids is 2. The van der Waals surface area contributed by atoms with Crippen molar-refractivity contribution in [3.05, 3.63) is 0 Å². The largest absolute Gasteiger partial charge is 0.479 e. The Morgan fingerprint density at radius 2 is 1.61 bits per heavy atom. The van der Waals surface area contributed by atoms with Crippen LogP contribution in [0, 0.1) is 5.92 Å². The summed E-state index contributed by atoms with van der Waals surface area (Å²) >= 11 is 0. The molecule has 104 valence electrons. The van der Waals surface area contributed by atoms with Gasteiger partial charge in [-0.1, -0.05) is 26.7 Å². The summed E-state index contributed by atoms with van der Waals surface area (Å²) in [5, 5.41) is 17.8. The highest BCUT2D eigenvalue weighted by Crippen LogP contribution is 2.29. The molecule has 1 aliphatic heterocycles. The van der Waals surface area contributed by atoms with Crippen molar-refractivity contribution in [1.82, 2.24) is 0 Å². The summed E-state index contributed by atoms with van der Waals surface area (Å²) in [5.41, 5.74) is 0. The fourth-order valence-corrected chi connectivity index (χ4v) is 2.06. The minimum absolute atomic E-state index is 0.0381. The van der Waals surface area contributed by atoms with Gasteiger partial charge in [0.15, 0.2) is 18.5 Å². The van der Waals surface area contributed by atoms with Crippen molar-refractivity contribution >= 4 is 11.9 Å². The zero-order valence-electron chi connectivity index (χ0n) is 10.7. The van der Waals surface area contributed by atoms with E-state index in [0.29, 0.717) is 0 Å². The van der Waals surface area contributed by atoms with Crippen LogP contribution in [0.3, 0.4) is 0 Å². The smallest absolute Gasteiger partial charge is 0.336 e. The highest BCUT2D eigenvalue weighted by molar-refractivity contribution is 5.84. The molecule has 1 aliphatic rings. The fourth-order valence-electron chi connectivity index (χ4n) is 2.06. The fraction of sp³-hybridized carbons (Fsp3) is 0.833. The molecule has 0 spiro atoms. The van der Waals surface area contributed by atoms with Crippen LogP contribution >= 0.6 is 0 Å². The summed E-state index contributed by atoms with van der Waals surface area (Å²) in [4.78, 5) is 21.8. The van der Waals surface area contributed by atoms with E-state index in [-0.39, 0.29) is 5.92 Å². The van der Waals surface area contributed by atoms with E-state index >= 15 is 0 Å². The molecular formula is C12H20O6. The number of carboxylic acid groups (broad SMARTS) is 2. The van der Waals surface area contributed by atoms with Gasteiger partial charge in [-0.2, -0.15) is 0 Å². The molecule has 2 N–H and O–H groups in total. The summed E-state index contributed by atoms with van der Waals surface area (Å²) < 4.78 is 10.5. The van der Waals surface area contributed by atoms with Crippen molar-refractivity contribution in [2.45, 2.75) is 58.0 Å². The standard InChI is InChI=1S/C12H20O6/c1-3-5-6-7(4-2)12-17-8(10(13)14)9(18-12)11(15)16/h7-9,12H,3-6H2,1-2H3,(H,13,14)(H,15,16). The van der Waals surface area contributed by atoms with Gasteiger partial charge in [0, 0.05) is 5.92 Å². The molecule has 0 aromatic rings. The average Bonchev–Trinajstić information content (AvgIpc) is 2.75. The van der Waals surface area contributed by atoms with Gasteiger partial charge in [0.1, 0.15) is 0 Å². The molecule has 6 heteroatoms. The van der Waals surface area contributed by atoms with Crippen molar-refractivity contribution in [2.75, 3.05) is 0 Å². The number of ether oxygens (including phenoxy) is 2. The maximum Gasteiger partial charge on any atom is 0.336 e. The SMILES string of the molecule is CCCCC(CC)C1OC(C(=O)O)C(C(=O)O)O1. The van der Waals surface area contributed by atoms with Gasteiger partial charge in [-0.25, -0.2) is 9.59 Å². The van der Waals surface area contributed by atoms with Gasteiger partial charge in [0.25, 0.3) is 0 Å². The van der Waals surface area contributed by atoms with E-state index in [2.05, 4.69) is 6.92 Å². The molecule has 18 heavy (non-hydrogen) atoms. The van der Waals surface area contributed by atoms with Gasteiger partial charge in [-0.15, -0.1) is 0 Å². The third-order valence-electron chi connectivity index (χ3n) is 3.16. The van der Waals surface area contributed by atoms with Crippen LogP contribution in [0.2, 0.25) is 0 Å². The van der Waals surface area contributed by atoms with Gasteiger partial charge in [-0.05, 0) is 12.8 Å². The van der Waals surface area contributed by atoms with Crippen LogP contribution in [-0.2, 0) is 19.1 Å². The molecule has 1 heterocycles. The number of carbonyl (C=O) groups is 2. The summed E-state index contributed by atoms with van der Waals surface area (Å²) in [6, 6.07) is 0. The lowest BCUT2D eigenvalue weighted by Gasteiger charge is -2.20. The molecule has 0 aromatic carbocycles. The van der Waals surface area contributed by atoms with Crippen molar-refractivity contribution in [2.24, 2.45) is 5.92 Å². The van der Waals surface area contributed by atoms with Gasteiger partial charge in [0.05, 0.1) is 0 Å². The van der Waals surface area contributed by atoms with E-state index in [1.165, 1.54) is 0 Å². The molecule has 0 aliphatic carbocycles. The summed E-state index contributed by atoms with van der Waals surface area (Å²) in [6.45, 7) is 4.01. The minimum Gasteiger partial charge on any atom is -0.479 e. The number of unbranched alkanes of at least 4 members (excludes halogenated alkanes) is 1. The number of hydrogen-bond acceptors (Lipinski definition) is 4. The molecule has 0 aromatic heterocycles. The lowest BCUT2D eigenvalue weighted by Crippen LogP contribution is -2.36. The van der Waals surface area contributed by atoms with Crippen LogP contribution in [0.1, 0.15) is 39.5 Å².